The fraction of sp³-hybridized carbons (Fsp3) is 0.200. The van der Waals surface area contributed by atoms with Gasteiger partial charge in [-0.3, -0.25) is 4.79 Å². The Balaban J connectivity index is 0.000000774. The third kappa shape index (κ3) is 3.12. The van der Waals surface area contributed by atoms with E-state index in [2.05, 4.69) is 4.98 Å². The highest BCUT2D eigenvalue weighted by molar-refractivity contribution is 7.18. The number of rotatable bonds is 2. The van der Waals surface area contributed by atoms with E-state index in [1.54, 1.807) is 24.5 Å². The first-order valence-corrected chi connectivity index (χ1v) is 7.15. The number of hydrogen-bond acceptors (Lipinski definition) is 5. The van der Waals surface area contributed by atoms with Crippen molar-refractivity contribution < 1.29 is 10.2 Å². The van der Waals surface area contributed by atoms with Crippen molar-refractivity contribution in [2.45, 2.75) is 13.5 Å². The van der Waals surface area contributed by atoms with Crippen LogP contribution in [0.15, 0.2) is 41.3 Å². The molecule has 3 rings (SSSR count). The SMILES string of the molecule is CO.Cc1c(O)c(=O)ccn1Cc1nc2ccccc2s1. The van der Waals surface area contributed by atoms with Gasteiger partial charge in [-0.15, -0.1) is 11.3 Å². The van der Waals surface area contributed by atoms with Crippen LogP contribution in [0.5, 0.6) is 5.75 Å². The molecular weight excluding hydrogens is 288 g/mol. The molecule has 0 saturated heterocycles. The van der Waals surface area contributed by atoms with E-state index in [1.165, 1.54) is 6.07 Å². The van der Waals surface area contributed by atoms with E-state index in [4.69, 9.17) is 5.11 Å². The number of pyridine rings is 1. The Morgan fingerprint density at radius 1 is 1.24 bits per heavy atom. The number of thiazole rings is 1. The second kappa shape index (κ2) is 6.51. The summed E-state index contributed by atoms with van der Waals surface area (Å²) in [5, 5.41) is 17.6. The standard InChI is InChI=1S/C14H12N2O2S.CH4O/c1-9-14(18)11(17)6-7-16(9)8-13-15-10-4-2-3-5-12(10)19-13;1-2/h2-7,18H,8H2,1H3;2H,1H3. The number of benzene rings is 1. The monoisotopic (exact) mass is 304 g/mol. The zero-order valence-corrected chi connectivity index (χ0v) is 12.6. The van der Waals surface area contributed by atoms with Crippen molar-refractivity contribution in [2.24, 2.45) is 0 Å². The number of hydrogen-bond donors (Lipinski definition) is 2. The van der Waals surface area contributed by atoms with Gasteiger partial charge in [0, 0.05) is 19.4 Å². The first-order valence-electron chi connectivity index (χ1n) is 6.33. The van der Waals surface area contributed by atoms with E-state index < -0.39 is 0 Å². The Hall–Kier alpha value is -2.18. The van der Waals surface area contributed by atoms with Crippen LogP contribution in [0.1, 0.15) is 10.7 Å². The molecule has 6 heteroatoms. The highest BCUT2D eigenvalue weighted by atomic mass is 32.1. The van der Waals surface area contributed by atoms with Crippen LogP contribution in [-0.4, -0.2) is 26.9 Å². The predicted molar refractivity (Wildman–Crippen MR) is 84.0 cm³/mol. The number of nitrogens with zero attached hydrogens (tertiary/aromatic N) is 2. The molecular formula is C15H16N2O3S. The zero-order chi connectivity index (χ0) is 15.4. The van der Waals surface area contributed by atoms with Crippen LogP contribution in [0.25, 0.3) is 10.2 Å². The lowest BCUT2D eigenvalue weighted by atomic mass is 10.3. The van der Waals surface area contributed by atoms with Gasteiger partial charge in [0.05, 0.1) is 22.5 Å². The lowest BCUT2D eigenvalue weighted by Gasteiger charge is -2.09. The first kappa shape index (κ1) is 15.2. The Morgan fingerprint density at radius 2 is 1.95 bits per heavy atom. The van der Waals surface area contributed by atoms with Crippen LogP contribution < -0.4 is 5.43 Å². The smallest absolute Gasteiger partial charge is 0.223 e. The summed E-state index contributed by atoms with van der Waals surface area (Å²) in [6.45, 7) is 2.28. The maximum Gasteiger partial charge on any atom is 0.223 e. The molecule has 5 nitrogen and oxygen atoms in total. The molecule has 0 spiro atoms. The molecule has 0 atom stereocenters. The topological polar surface area (TPSA) is 75.3 Å². The van der Waals surface area contributed by atoms with E-state index in [-0.39, 0.29) is 11.2 Å². The molecule has 1 aromatic carbocycles. The second-order valence-corrected chi connectivity index (χ2v) is 5.43. The number of aliphatic hydroxyl groups is 1. The molecule has 0 amide bonds. The van der Waals surface area contributed by atoms with Crippen molar-refractivity contribution in [3.8, 4) is 5.75 Å². The zero-order valence-electron chi connectivity index (χ0n) is 11.8. The van der Waals surface area contributed by atoms with Crippen LogP contribution in [-0.2, 0) is 6.54 Å². The van der Waals surface area contributed by atoms with Crippen LogP contribution in [0.3, 0.4) is 0 Å². The highest BCUT2D eigenvalue weighted by Crippen LogP contribution is 2.23. The molecule has 21 heavy (non-hydrogen) atoms. The van der Waals surface area contributed by atoms with Crippen LogP contribution in [0.4, 0.5) is 0 Å². The molecule has 0 unspecified atom stereocenters. The minimum Gasteiger partial charge on any atom is -0.503 e. The van der Waals surface area contributed by atoms with Crippen molar-refractivity contribution in [2.75, 3.05) is 7.11 Å². The van der Waals surface area contributed by atoms with Gasteiger partial charge in [-0.05, 0) is 19.1 Å². The van der Waals surface area contributed by atoms with Crippen molar-refractivity contribution in [3.63, 3.8) is 0 Å². The molecule has 0 saturated carbocycles. The largest absolute Gasteiger partial charge is 0.503 e. The van der Waals surface area contributed by atoms with Crippen LogP contribution >= 0.6 is 11.3 Å². The number of aliphatic hydroxyl groups excluding tert-OH is 1. The summed E-state index contributed by atoms with van der Waals surface area (Å²) < 4.78 is 2.97. The fourth-order valence-corrected chi connectivity index (χ4v) is 2.93. The normalized spacial score (nSPS) is 10.2. The van der Waals surface area contributed by atoms with Crippen molar-refractivity contribution in [1.29, 1.82) is 0 Å². The summed E-state index contributed by atoms with van der Waals surface area (Å²) in [5.74, 6) is -0.191. The van der Waals surface area contributed by atoms with Gasteiger partial charge >= 0.3 is 0 Å². The van der Waals surface area contributed by atoms with Gasteiger partial charge in [0.15, 0.2) is 5.75 Å². The molecule has 2 aromatic heterocycles. The highest BCUT2D eigenvalue weighted by Gasteiger charge is 2.08. The molecule has 0 aliphatic carbocycles. The molecule has 0 aliphatic heterocycles. The summed E-state index contributed by atoms with van der Waals surface area (Å²) in [7, 11) is 1.00. The minimum atomic E-state index is -0.349. The summed E-state index contributed by atoms with van der Waals surface area (Å²) >= 11 is 1.62. The Bertz CT molecular complexity index is 775. The average molecular weight is 304 g/mol. The average Bonchev–Trinajstić information content (AvgIpc) is 2.92. The Kier molecular flexibility index (Phi) is 4.72. The van der Waals surface area contributed by atoms with Gasteiger partial charge in [-0.25, -0.2) is 4.98 Å². The van der Waals surface area contributed by atoms with E-state index >= 15 is 0 Å². The van der Waals surface area contributed by atoms with Gasteiger partial charge in [-0.2, -0.15) is 0 Å². The van der Waals surface area contributed by atoms with Gasteiger partial charge in [0.1, 0.15) is 5.01 Å². The molecule has 3 aromatic rings. The minimum absolute atomic E-state index is 0.191. The van der Waals surface area contributed by atoms with Crippen molar-refractivity contribution in [3.05, 3.63) is 57.5 Å². The summed E-state index contributed by atoms with van der Waals surface area (Å²) in [4.78, 5) is 15.8. The van der Waals surface area contributed by atoms with Crippen LogP contribution in [0, 0.1) is 6.92 Å². The van der Waals surface area contributed by atoms with Gasteiger partial charge in [0.25, 0.3) is 0 Å². The van der Waals surface area contributed by atoms with Gasteiger partial charge in [0.2, 0.25) is 5.43 Å². The second-order valence-electron chi connectivity index (χ2n) is 4.32. The Morgan fingerprint density at radius 3 is 2.67 bits per heavy atom. The van der Waals surface area contributed by atoms with Crippen molar-refractivity contribution >= 4 is 21.6 Å². The van der Waals surface area contributed by atoms with Crippen molar-refractivity contribution in [1.82, 2.24) is 9.55 Å². The van der Waals surface area contributed by atoms with Gasteiger partial charge < -0.3 is 14.8 Å². The third-order valence-corrected chi connectivity index (χ3v) is 4.08. The number of aromatic nitrogens is 2. The molecule has 0 radical (unpaired) electrons. The molecule has 0 fully saturated rings. The first-order chi connectivity index (χ1) is 10.1. The van der Waals surface area contributed by atoms with E-state index in [0.717, 1.165) is 22.3 Å². The molecule has 110 valence electrons. The third-order valence-electron chi connectivity index (χ3n) is 3.06. The predicted octanol–water partition coefficient (Wildman–Crippen LogP) is 2.13. The Labute approximate surface area is 125 Å². The quantitative estimate of drug-likeness (QED) is 0.760. The lowest BCUT2D eigenvalue weighted by Crippen LogP contribution is -2.10. The number of fused-ring (bicyclic) bond motifs is 1. The molecule has 0 bridgehead atoms. The number of para-hydroxylation sites is 1. The summed E-state index contributed by atoms with van der Waals surface area (Å²) in [5.41, 5.74) is 1.19. The maximum atomic E-state index is 11.3. The van der Waals surface area contributed by atoms with E-state index in [9.17, 15) is 9.90 Å². The van der Waals surface area contributed by atoms with E-state index in [0.29, 0.717) is 12.2 Å². The number of aromatic hydroxyl groups is 1. The molecule has 0 aliphatic rings. The summed E-state index contributed by atoms with van der Waals surface area (Å²) in [6.07, 6.45) is 1.68. The lowest BCUT2D eigenvalue weighted by molar-refractivity contribution is 0.399. The van der Waals surface area contributed by atoms with Gasteiger partial charge in [-0.1, -0.05) is 12.1 Å². The van der Waals surface area contributed by atoms with E-state index in [1.807, 2.05) is 28.8 Å². The summed E-state index contributed by atoms with van der Waals surface area (Å²) in [6, 6.07) is 9.33. The van der Waals surface area contributed by atoms with Crippen LogP contribution in [0.2, 0.25) is 0 Å². The molecule has 2 heterocycles. The fourth-order valence-electron chi connectivity index (χ4n) is 1.97. The molecule has 2 N–H and O–H groups in total. The maximum absolute atomic E-state index is 11.3.